The summed E-state index contributed by atoms with van der Waals surface area (Å²) in [5.41, 5.74) is 1.74. The minimum absolute atomic E-state index is 0.0104. The van der Waals surface area contributed by atoms with E-state index in [0.717, 1.165) is 9.87 Å². The molecule has 1 aliphatic heterocycles. The second kappa shape index (κ2) is 13.8. The van der Waals surface area contributed by atoms with Gasteiger partial charge in [0.05, 0.1) is 10.6 Å². The third-order valence-electron chi connectivity index (χ3n) is 7.18. The molecule has 11 heteroatoms. The quantitative estimate of drug-likeness (QED) is 0.257. The predicted molar refractivity (Wildman–Crippen MR) is 168 cm³/mol. The molecule has 0 bridgehead atoms. The average molecular weight is 634 g/mol. The first-order chi connectivity index (χ1) is 21.3. The van der Waals surface area contributed by atoms with Crippen LogP contribution < -0.4 is 19.1 Å². The number of carbonyl (C=O) groups is 2. The normalized spacial score (nSPS) is 13.0. The lowest BCUT2D eigenvalue weighted by molar-refractivity contribution is -0.139. The van der Waals surface area contributed by atoms with E-state index in [0.29, 0.717) is 35.3 Å². The lowest BCUT2D eigenvalue weighted by Crippen LogP contribution is -2.53. The highest BCUT2D eigenvalue weighted by atomic mass is 35.5. The second-order valence-electron chi connectivity index (χ2n) is 10.1. The zero-order chi connectivity index (χ0) is 31.1. The molecule has 1 atom stereocenters. The van der Waals surface area contributed by atoms with E-state index >= 15 is 0 Å². The van der Waals surface area contributed by atoms with E-state index in [9.17, 15) is 18.0 Å². The molecule has 5 rings (SSSR count). The molecule has 228 valence electrons. The fourth-order valence-electron chi connectivity index (χ4n) is 4.99. The molecule has 1 aliphatic rings. The molecule has 9 nitrogen and oxygen atoms in total. The minimum Gasteiger partial charge on any atom is -0.486 e. The van der Waals surface area contributed by atoms with Crippen molar-refractivity contribution in [2.45, 2.75) is 23.9 Å². The number of rotatable bonds is 11. The highest BCUT2D eigenvalue weighted by Gasteiger charge is 2.34. The molecule has 0 fully saturated rings. The molecule has 1 N–H and O–H groups in total. The van der Waals surface area contributed by atoms with Crippen LogP contribution in [0.5, 0.6) is 11.5 Å². The highest BCUT2D eigenvalue weighted by Crippen LogP contribution is 2.36. The van der Waals surface area contributed by atoms with Crippen LogP contribution in [0.25, 0.3) is 0 Å². The molecule has 0 aromatic heterocycles. The van der Waals surface area contributed by atoms with Crippen molar-refractivity contribution < 1.29 is 27.5 Å². The molecule has 4 aromatic rings. The molecule has 1 unspecified atom stereocenters. The molecule has 0 spiro atoms. The predicted octanol–water partition coefficient (Wildman–Crippen LogP) is 4.69. The van der Waals surface area contributed by atoms with Crippen molar-refractivity contribution in [3.63, 3.8) is 0 Å². The first-order valence-corrected chi connectivity index (χ1v) is 15.8. The Balaban J connectivity index is 1.57. The van der Waals surface area contributed by atoms with E-state index in [1.54, 1.807) is 60.7 Å². The largest absolute Gasteiger partial charge is 0.486 e. The van der Waals surface area contributed by atoms with Gasteiger partial charge in [0.25, 0.3) is 10.0 Å². The molecule has 44 heavy (non-hydrogen) atoms. The van der Waals surface area contributed by atoms with E-state index in [1.165, 1.54) is 24.1 Å². The van der Waals surface area contributed by atoms with Gasteiger partial charge in [0.15, 0.2) is 11.5 Å². The maximum Gasteiger partial charge on any atom is 0.264 e. The molecule has 0 saturated carbocycles. The lowest BCUT2D eigenvalue weighted by Gasteiger charge is -2.34. The van der Waals surface area contributed by atoms with Crippen LogP contribution in [0.4, 0.5) is 5.69 Å². The number of sulfonamides is 1. The van der Waals surface area contributed by atoms with Crippen LogP contribution in [0.15, 0.2) is 108 Å². The number of ether oxygens (including phenoxy) is 2. The second-order valence-corrected chi connectivity index (χ2v) is 12.4. The van der Waals surface area contributed by atoms with Gasteiger partial charge in [-0.3, -0.25) is 13.9 Å². The fraction of sp³-hybridized carbons (Fsp3) is 0.212. The number of nitrogens with zero attached hydrogens (tertiary/aromatic N) is 2. The Bertz CT molecular complexity index is 1720. The van der Waals surface area contributed by atoms with E-state index in [2.05, 4.69) is 5.32 Å². The van der Waals surface area contributed by atoms with Crippen LogP contribution in [0, 0.1) is 0 Å². The summed E-state index contributed by atoms with van der Waals surface area (Å²) in [6, 6.07) is 28.0. The Morgan fingerprint density at radius 2 is 1.50 bits per heavy atom. The van der Waals surface area contributed by atoms with Crippen LogP contribution in [0.1, 0.15) is 11.1 Å². The van der Waals surface area contributed by atoms with Crippen molar-refractivity contribution in [1.82, 2.24) is 10.2 Å². The molecule has 0 saturated heterocycles. The van der Waals surface area contributed by atoms with Gasteiger partial charge in [-0.05, 0) is 47.5 Å². The molecule has 4 aromatic carbocycles. The molecule has 2 amide bonds. The Hall–Kier alpha value is -4.54. The van der Waals surface area contributed by atoms with E-state index in [1.807, 2.05) is 30.3 Å². The maximum atomic E-state index is 14.4. The number of halogens is 1. The van der Waals surface area contributed by atoms with Crippen LogP contribution >= 0.6 is 11.6 Å². The molecular formula is C33H32ClN3O6S. The number of anilines is 1. The Kier molecular flexibility index (Phi) is 9.72. The third-order valence-corrected chi connectivity index (χ3v) is 9.21. The van der Waals surface area contributed by atoms with Crippen LogP contribution in [-0.2, 0) is 32.6 Å². The first-order valence-electron chi connectivity index (χ1n) is 14.0. The number of nitrogens with one attached hydrogen (secondary N) is 1. The summed E-state index contributed by atoms with van der Waals surface area (Å²) in [4.78, 5) is 29.2. The van der Waals surface area contributed by atoms with Crippen molar-refractivity contribution in [3.8, 4) is 11.5 Å². The first kappa shape index (κ1) is 30.9. The standard InChI is InChI=1S/C33H32ClN3O6S/c1-35-33(39)29(20-24-9-4-2-5-10-24)36(22-25-11-8-12-26(34)19-25)32(38)23-37(44(40,41)28-13-6-3-7-14-28)27-15-16-30-31(21-27)43-18-17-42-30/h2-16,19,21,29H,17-18,20,22-23H2,1H3,(H,35,39). The van der Waals surface area contributed by atoms with E-state index in [-0.39, 0.29) is 29.5 Å². The van der Waals surface area contributed by atoms with Gasteiger partial charge in [0, 0.05) is 31.1 Å². The van der Waals surface area contributed by atoms with Crippen LogP contribution in [0.2, 0.25) is 5.02 Å². The van der Waals surface area contributed by atoms with Crippen molar-refractivity contribution >= 4 is 39.1 Å². The lowest BCUT2D eigenvalue weighted by atomic mass is 10.0. The number of amides is 2. The zero-order valence-corrected chi connectivity index (χ0v) is 25.6. The molecule has 1 heterocycles. The van der Waals surface area contributed by atoms with Crippen LogP contribution in [-0.4, -0.2) is 58.0 Å². The van der Waals surface area contributed by atoms with E-state index < -0.39 is 28.5 Å². The average Bonchev–Trinajstić information content (AvgIpc) is 3.05. The Labute approximate surface area is 262 Å². The van der Waals surface area contributed by atoms with E-state index in [4.69, 9.17) is 21.1 Å². The number of likely N-dealkylation sites (N-methyl/N-ethyl adjacent to an activating group) is 1. The minimum atomic E-state index is -4.23. The number of hydrogen-bond donors (Lipinski definition) is 1. The summed E-state index contributed by atoms with van der Waals surface area (Å²) in [6.45, 7) is 0.115. The monoisotopic (exact) mass is 633 g/mol. The SMILES string of the molecule is CNC(=O)C(Cc1ccccc1)N(Cc1cccc(Cl)c1)C(=O)CN(c1ccc2c(c1)OCCO2)S(=O)(=O)c1ccccc1. The van der Waals surface area contributed by atoms with Crippen molar-refractivity contribution in [2.24, 2.45) is 0 Å². The van der Waals surface area contributed by atoms with Gasteiger partial charge >= 0.3 is 0 Å². The smallest absolute Gasteiger partial charge is 0.264 e. The van der Waals surface area contributed by atoms with Gasteiger partial charge in [-0.1, -0.05) is 72.3 Å². The van der Waals surface area contributed by atoms with Gasteiger partial charge in [-0.15, -0.1) is 0 Å². The van der Waals surface area contributed by atoms with Gasteiger partial charge in [-0.2, -0.15) is 0 Å². The van der Waals surface area contributed by atoms with Crippen molar-refractivity contribution in [2.75, 3.05) is 31.1 Å². The summed E-state index contributed by atoms with van der Waals surface area (Å²) in [5, 5.41) is 3.14. The Morgan fingerprint density at radius 3 is 2.18 bits per heavy atom. The molecular weight excluding hydrogens is 602 g/mol. The fourth-order valence-corrected chi connectivity index (χ4v) is 6.63. The topological polar surface area (TPSA) is 105 Å². The molecule has 0 aliphatic carbocycles. The van der Waals surface area contributed by atoms with Crippen LogP contribution in [0.3, 0.4) is 0 Å². The van der Waals surface area contributed by atoms with Gasteiger partial charge in [0.1, 0.15) is 25.8 Å². The summed E-state index contributed by atoms with van der Waals surface area (Å²) >= 11 is 6.26. The molecule has 0 radical (unpaired) electrons. The summed E-state index contributed by atoms with van der Waals surface area (Å²) in [5.74, 6) is -0.115. The zero-order valence-electron chi connectivity index (χ0n) is 24.1. The van der Waals surface area contributed by atoms with Crippen molar-refractivity contribution in [3.05, 3.63) is 119 Å². The number of fused-ring (bicyclic) bond motifs is 1. The highest BCUT2D eigenvalue weighted by molar-refractivity contribution is 7.92. The maximum absolute atomic E-state index is 14.4. The third kappa shape index (κ3) is 7.15. The Morgan fingerprint density at radius 1 is 0.841 bits per heavy atom. The number of hydrogen-bond acceptors (Lipinski definition) is 6. The van der Waals surface area contributed by atoms with Gasteiger partial charge in [0.2, 0.25) is 11.8 Å². The summed E-state index contributed by atoms with van der Waals surface area (Å²) in [6.07, 6.45) is 0.211. The number of benzene rings is 4. The van der Waals surface area contributed by atoms with Crippen molar-refractivity contribution in [1.29, 1.82) is 0 Å². The van der Waals surface area contributed by atoms with Gasteiger partial charge < -0.3 is 19.7 Å². The number of carbonyl (C=O) groups excluding carboxylic acids is 2. The summed E-state index contributed by atoms with van der Waals surface area (Å²) in [7, 11) is -2.73. The van der Waals surface area contributed by atoms with Gasteiger partial charge in [-0.25, -0.2) is 8.42 Å². The summed E-state index contributed by atoms with van der Waals surface area (Å²) < 4.78 is 40.6.